The van der Waals surface area contributed by atoms with Crippen LogP contribution in [0.3, 0.4) is 0 Å². The van der Waals surface area contributed by atoms with Crippen molar-refractivity contribution in [2.75, 3.05) is 14.2 Å². The van der Waals surface area contributed by atoms with Crippen LogP contribution in [0.5, 0.6) is 5.75 Å². The van der Waals surface area contributed by atoms with Crippen LogP contribution < -0.4 is 10.2 Å². The molecule has 102 valence electrons. The molecule has 0 aliphatic carbocycles. The Kier molecular flexibility index (Phi) is 4.01. The molecule has 0 amide bonds. The maximum absolute atomic E-state index is 11.6. The molecule has 6 heteroatoms. The van der Waals surface area contributed by atoms with Crippen molar-refractivity contribution in [1.82, 2.24) is 10.1 Å². The van der Waals surface area contributed by atoms with Gasteiger partial charge in [-0.1, -0.05) is 5.16 Å². The van der Waals surface area contributed by atoms with Crippen molar-refractivity contribution in [3.8, 4) is 5.75 Å². The van der Waals surface area contributed by atoms with Crippen LogP contribution in [-0.2, 0) is 13.1 Å². The van der Waals surface area contributed by atoms with Gasteiger partial charge in [-0.25, -0.2) is 0 Å². The first-order valence-electron chi connectivity index (χ1n) is 5.85. The summed E-state index contributed by atoms with van der Waals surface area (Å²) in [6.07, 6.45) is 1.33. The Morgan fingerprint density at radius 3 is 2.74 bits per heavy atom. The van der Waals surface area contributed by atoms with Crippen molar-refractivity contribution < 1.29 is 13.7 Å². The number of ether oxygens (including phenoxy) is 1. The van der Waals surface area contributed by atoms with Gasteiger partial charge in [-0.05, 0) is 14.0 Å². The second-order valence-electron chi connectivity index (χ2n) is 4.38. The average Bonchev–Trinajstić information content (AvgIpc) is 2.74. The highest BCUT2D eigenvalue weighted by Crippen LogP contribution is 2.10. The van der Waals surface area contributed by atoms with Gasteiger partial charge in [0.25, 0.3) is 0 Å². The van der Waals surface area contributed by atoms with Crippen LogP contribution in [0.1, 0.15) is 17.2 Å². The van der Waals surface area contributed by atoms with E-state index in [1.165, 1.54) is 19.4 Å². The summed E-state index contributed by atoms with van der Waals surface area (Å²) >= 11 is 0. The Labute approximate surface area is 110 Å². The Morgan fingerprint density at radius 2 is 2.16 bits per heavy atom. The van der Waals surface area contributed by atoms with Crippen LogP contribution in [0.4, 0.5) is 0 Å². The number of nitrogens with zero attached hydrogens (tertiary/aromatic N) is 2. The summed E-state index contributed by atoms with van der Waals surface area (Å²) in [5.74, 6) is 1.56. The van der Waals surface area contributed by atoms with E-state index in [0.29, 0.717) is 18.8 Å². The second-order valence-corrected chi connectivity index (χ2v) is 4.38. The highest BCUT2D eigenvalue weighted by Gasteiger charge is 2.09. The van der Waals surface area contributed by atoms with Crippen molar-refractivity contribution in [2.24, 2.45) is 0 Å². The number of rotatable bonds is 5. The lowest BCUT2D eigenvalue weighted by atomic mass is 10.3. The van der Waals surface area contributed by atoms with Crippen molar-refractivity contribution in [3.05, 3.63) is 45.8 Å². The monoisotopic (exact) mass is 264 g/mol. The summed E-state index contributed by atoms with van der Waals surface area (Å²) < 4.78 is 15.2. The zero-order valence-corrected chi connectivity index (χ0v) is 11.2. The number of methoxy groups -OCH3 is 1. The molecule has 0 aliphatic heterocycles. The fourth-order valence-corrected chi connectivity index (χ4v) is 1.76. The maximum Gasteiger partial charge on any atom is 0.227 e. The number of hydrogen-bond donors (Lipinski definition) is 0. The highest BCUT2D eigenvalue weighted by molar-refractivity contribution is 5.17. The van der Waals surface area contributed by atoms with E-state index in [4.69, 9.17) is 13.7 Å². The molecular formula is C13H16N2O4. The van der Waals surface area contributed by atoms with Crippen molar-refractivity contribution in [3.63, 3.8) is 0 Å². The SMILES string of the molecule is COc1coc(CN(C)Cc2cc(C)on2)cc1=O. The minimum absolute atomic E-state index is 0.186. The molecule has 0 aliphatic rings. The van der Waals surface area contributed by atoms with E-state index in [2.05, 4.69) is 5.16 Å². The fourth-order valence-electron chi connectivity index (χ4n) is 1.76. The predicted octanol–water partition coefficient (Wildman–Crippen LogP) is 1.58. The van der Waals surface area contributed by atoms with Gasteiger partial charge < -0.3 is 13.7 Å². The molecule has 0 N–H and O–H groups in total. The van der Waals surface area contributed by atoms with E-state index in [-0.39, 0.29) is 11.2 Å². The normalized spacial score (nSPS) is 10.9. The summed E-state index contributed by atoms with van der Waals surface area (Å²) in [6, 6.07) is 3.31. The van der Waals surface area contributed by atoms with Crippen molar-refractivity contribution in [1.29, 1.82) is 0 Å². The number of hydrogen-bond acceptors (Lipinski definition) is 6. The molecule has 2 heterocycles. The molecule has 2 aromatic heterocycles. The number of aryl methyl sites for hydroxylation is 1. The van der Waals surface area contributed by atoms with Crippen LogP contribution >= 0.6 is 0 Å². The van der Waals surface area contributed by atoms with Gasteiger partial charge in [0.15, 0.2) is 0 Å². The van der Waals surface area contributed by atoms with E-state index in [0.717, 1.165) is 11.5 Å². The third kappa shape index (κ3) is 3.45. The first kappa shape index (κ1) is 13.4. The topological polar surface area (TPSA) is 68.7 Å². The van der Waals surface area contributed by atoms with E-state index in [1.807, 2.05) is 24.9 Å². The van der Waals surface area contributed by atoms with Crippen LogP contribution in [-0.4, -0.2) is 24.2 Å². The van der Waals surface area contributed by atoms with Gasteiger partial charge in [0.2, 0.25) is 11.2 Å². The van der Waals surface area contributed by atoms with E-state index in [9.17, 15) is 4.79 Å². The fraction of sp³-hybridized carbons (Fsp3) is 0.385. The Morgan fingerprint density at radius 1 is 1.37 bits per heavy atom. The third-order valence-corrected chi connectivity index (χ3v) is 2.61. The highest BCUT2D eigenvalue weighted by atomic mass is 16.5. The average molecular weight is 264 g/mol. The molecular weight excluding hydrogens is 248 g/mol. The van der Waals surface area contributed by atoms with Gasteiger partial charge in [-0.3, -0.25) is 9.69 Å². The summed E-state index contributed by atoms with van der Waals surface area (Å²) in [7, 11) is 3.35. The van der Waals surface area contributed by atoms with Gasteiger partial charge in [-0.2, -0.15) is 0 Å². The summed E-state index contributed by atoms with van der Waals surface area (Å²) in [4.78, 5) is 13.6. The van der Waals surface area contributed by atoms with Gasteiger partial charge in [0.05, 0.1) is 19.3 Å². The Balaban J connectivity index is 2.00. The molecule has 0 aromatic carbocycles. The lowest BCUT2D eigenvalue weighted by molar-refractivity contribution is 0.270. The Hall–Kier alpha value is -2.08. The zero-order chi connectivity index (χ0) is 13.8. The molecule has 0 saturated heterocycles. The largest absolute Gasteiger partial charge is 0.490 e. The molecule has 2 rings (SSSR count). The predicted molar refractivity (Wildman–Crippen MR) is 67.9 cm³/mol. The summed E-state index contributed by atoms with van der Waals surface area (Å²) in [6.45, 7) is 2.97. The van der Waals surface area contributed by atoms with Crippen LogP contribution in [0.15, 0.2) is 32.1 Å². The standard InChI is InChI=1S/C13H16N2O4/c1-9-4-10(14-19-9)6-15(2)7-11-5-12(16)13(17-3)8-18-11/h4-5,8H,6-7H2,1-3H3. The lowest BCUT2D eigenvalue weighted by Crippen LogP contribution is -2.18. The van der Waals surface area contributed by atoms with E-state index >= 15 is 0 Å². The number of aromatic nitrogens is 1. The van der Waals surface area contributed by atoms with Gasteiger partial charge in [-0.15, -0.1) is 0 Å². The van der Waals surface area contributed by atoms with Crippen LogP contribution in [0, 0.1) is 6.92 Å². The first-order chi connectivity index (χ1) is 9.08. The molecule has 0 atom stereocenters. The molecule has 6 nitrogen and oxygen atoms in total. The minimum Gasteiger partial charge on any atom is -0.490 e. The Bertz CT molecular complexity index is 603. The van der Waals surface area contributed by atoms with E-state index in [1.54, 1.807) is 0 Å². The van der Waals surface area contributed by atoms with Crippen molar-refractivity contribution in [2.45, 2.75) is 20.0 Å². The quantitative estimate of drug-likeness (QED) is 0.816. The molecule has 0 spiro atoms. The summed E-state index contributed by atoms with van der Waals surface area (Å²) in [5, 5.41) is 3.91. The molecule has 19 heavy (non-hydrogen) atoms. The molecule has 2 aromatic rings. The molecule has 0 radical (unpaired) electrons. The molecule has 0 fully saturated rings. The van der Waals surface area contributed by atoms with Gasteiger partial charge in [0.1, 0.15) is 17.8 Å². The van der Waals surface area contributed by atoms with Gasteiger partial charge in [0, 0.05) is 18.7 Å². The molecule has 0 bridgehead atoms. The lowest BCUT2D eigenvalue weighted by Gasteiger charge is -2.13. The molecule has 0 saturated carbocycles. The summed E-state index contributed by atoms with van der Waals surface area (Å²) in [5.41, 5.74) is 0.658. The maximum atomic E-state index is 11.6. The molecule has 0 unspecified atom stereocenters. The van der Waals surface area contributed by atoms with E-state index < -0.39 is 0 Å². The minimum atomic E-state index is -0.186. The second kappa shape index (κ2) is 5.71. The smallest absolute Gasteiger partial charge is 0.227 e. The van der Waals surface area contributed by atoms with Crippen LogP contribution in [0.2, 0.25) is 0 Å². The van der Waals surface area contributed by atoms with Crippen molar-refractivity contribution >= 4 is 0 Å². The zero-order valence-electron chi connectivity index (χ0n) is 11.2. The first-order valence-corrected chi connectivity index (χ1v) is 5.85. The van der Waals surface area contributed by atoms with Gasteiger partial charge >= 0.3 is 0 Å². The third-order valence-electron chi connectivity index (χ3n) is 2.61. The van der Waals surface area contributed by atoms with Crippen LogP contribution in [0.25, 0.3) is 0 Å².